The molecule has 2 rings (SSSR count). The topological polar surface area (TPSA) is 57.2 Å². The van der Waals surface area contributed by atoms with Crippen LogP contribution in [0.4, 0.5) is 5.82 Å². The van der Waals surface area contributed by atoms with Gasteiger partial charge in [-0.15, -0.1) is 0 Å². The molecule has 0 saturated carbocycles. The van der Waals surface area contributed by atoms with Crippen LogP contribution in [0.1, 0.15) is 40.3 Å². The van der Waals surface area contributed by atoms with E-state index in [0.29, 0.717) is 6.54 Å². The van der Waals surface area contributed by atoms with Gasteiger partial charge >= 0.3 is 0 Å². The van der Waals surface area contributed by atoms with Crippen LogP contribution in [-0.2, 0) is 5.41 Å². The summed E-state index contributed by atoms with van der Waals surface area (Å²) in [5, 5.41) is 13.7. The number of anilines is 1. The summed E-state index contributed by atoms with van der Waals surface area (Å²) >= 11 is 0. The molecular weight excluding hydrogens is 262 g/mol. The fraction of sp³-hybridized carbons (Fsp3) is 0.562. The highest BCUT2D eigenvalue weighted by Gasteiger charge is 2.21. The second kappa shape index (κ2) is 5.72. The lowest BCUT2D eigenvalue weighted by molar-refractivity contribution is 0.562. The van der Waals surface area contributed by atoms with Crippen LogP contribution in [0.3, 0.4) is 0 Å². The van der Waals surface area contributed by atoms with Gasteiger partial charge in [0, 0.05) is 30.9 Å². The molecule has 1 unspecified atom stereocenters. The van der Waals surface area contributed by atoms with E-state index in [2.05, 4.69) is 54.8 Å². The van der Waals surface area contributed by atoms with Crippen molar-refractivity contribution in [1.29, 1.82) is 5.26 Å². The molecule has 5 nitrogen and oxygen atoms in total. The molecule has 0 radical (unpaired) electrons. The zero-order valence-corrected chi connectivity index (χ0v) is 13.5. The Morgan fingerprint density at radius 1 is 1.43 bits per heavy atom. The van der Waals surface area contributed by atoms with Gasteiger partial charge in [0.05, 0.1) is 17.7 Å². The number of nitrogens with zero attached hydrogens (tertiary/aromatic N) is 5. The van der Waals surface area contributed by atoms with Gasteiger partial charge in [-0.1, -0.05) is 20.8 Å². The fourth-order valence-electron chi connectivity index (χ4n) is 2.26. The largest absolute Gasteiger partial charge is 0.354 e. The number of aromatic nitrogens is 3. The summed E-state index contributed by atoms with van der Waals surface area (Å²) in [6.45, 7) is 12.0. The molecule has 0 aliphatic carbocycles. The predicted molar refractivity (Wildman–Crippen MR) is 84.4 cm³/mol. The van der Waals surface area contributed by atoms with E-state index in [1.807, 2.05) is 17.6 Å². The van der Waals surface area contributed by atoms with Gasteiger partial charge in [0.2, 0.25) is 0 Å². The first-order chi connectivity index (χ1) is 9.86. The third-order valence-corrected chi connectivity index (χ3v) is 3.53. The van der Waals surface area contributed by atoms with Crippen molar-refractivity contribution in [3.63, 3.8) is 0 Å². The second-order valence-corrected chi connectivity index (χ2v) is 6.43. The van der Waals surface area contributed by atoms with Gasteiger partial charge in [-0.05, 0) is 19.9 Å². The quantitative estimate of drug-likeness (QED) is 0.866. The molecule has 2 aromatic heterocycles. The maximum absolute atomic E-state index is 9.04. The van der Waals surface area contributed by atoms with E-state index in [9.17, 15) is 0 Å². The van der Waals surface area contributed by atoms with E-state index in [0.717, 1.165) is 23.6 Å². The Morgan fingerprint density at radius 3 is 2.71 bits per heavy atom. The average molecular weight is 285 g/mol. The highest BCUT2D eigenvalue weighted by Crippen LogP contribution is 2.26. The SMILES string of the molecule is CCN(CC(C)C#N)c1nccn2nc(C(C)(C)C)cc12. The fourth-order valence-corrected chi connectivity index (χ4v) is 2.26. The molecule has 2 heterocycles. The third kappa shape index (κ3) is 3.15. The van der Waals surface area contributed by atoms with E-state index >= 15 is 0 Å². The first-order valence-corrected chi connectivity index (χ1v) is 7.36. The lowest BCUT2D eigenvalue weighted by Crippen LogP contribution is -2.29. The zero-order valence-electron chi connectivity index (χ0n) is 13.5. The van der Waals surface area contributed by atoms with Crippen molar-refractivity contribution in [3.05, 3.63) is 24.2 Å². The van der Waals surface area contributed by atoms with Crippen molar-refractivity contribution >= 4 is 11.3 Å². The summed E-state index contributed by atoms with van der Waals surface area (Å²) in [6, 6.07) is 4.38. The van der Waals surface area contributed by atoms with E-state index in [1.54, 1.807) is 6.20 Å². The Morgan fingerprint density at radius 2 is 2.14 bits per heavy atom. The van der Waals surface area contributed by atoms with Crippen LogP contribution in [0.5, 0.6) is 0 Å². The van der Waals surface area contributed by atoms with Gasteiger partial charge in [-0.3, -0.25) is 0 Å². The Balaban J connectivity index is 2.48. The molecule has 0 aromatic carbocycles. The van der Waals surface area contributed by atoms with Crippen molar-refractivity contribution in [1.82, 2.24) is 14.6 Å². The number of nitriles is 1. The van der Waals surface area contributed by atoms with Crippen LogP contribution < -0.4 is 4.90 Å². The molecular formula is C16H23N5. The maximum atomic E-state index is 9.04. The summed E-state index contributed by atoms with van der Waals surface area (Å²) in [7, 11) is 0. The predicted octanol–water partition coefficient (Wildman–Crippen LogP) is 3.01. The lowest BCUT2D eigenvalue weighted by Gasteiger charge is -2.23. The number of fused-ring (bicyclic) bond motifs is 1. The number of hydrogen-bond acceptors (Lipinski definition) is 4. The molecule has 112 valence electrons. The van der Waals surface area contributed by atoms with E-state index in [4.69, 9.17) is 5.26 Å². The standard InChI is InChI=1S/C16H23N5/c1-6-20(11-12(2)10-17)15-13-9-14(16(3,4)5)19-21(13)8-7-18-15/h7-9,12H,6,11H2,1-5H3. The van der Waals surface area contributed by atoms with Crippen molar-refractivity contribution in [2.45, 2.75) is 40.0 Å². The van der Waals surface area contributed by atoms with Gasteiger partial charge in [0.15, 0.2) is 5.82 Å². The van der Waals surface area contributed by atoms with Gasteiger partial charge in [-0.25, -0.2) is 9.50 Å². The summed E-state index contributed by atoms with van der Waals surface area (Å²) in [5.74, 6) is 0.863. The molecule has 0 amide bonds. The molecule has 0 fully saturated rings. The zero-order chi connectivity index (χ0) is 15.6. The molecule has 5 heteroatoms. The summed E-state index contributed by atoms with van der Waals surface area (Å²) < 4.78 is 1.88. The van der Waals surface area contributed by atoms with Crippen LogP contribution in [0.2, 0.25) is 0 Å². The van der Waals surface area contributed by atoms with E-state index in [-0.39, 0.29) is 11.3 Å². The van der Waals surface area contributed by atoms with Gasteiger partial charge in [0.25, 0.3) is 0 Å². The monoisotopic (exact) mass is 285 g/mol. The molecule has 21 heavy (non-hydrogen) atoms. The van der Waals surface area contributed by atoms with Crippen LogP contribution in [-0.4, -0.2) is 27.7 Å². The van der Waals surface area contributed by atoms with Crippen molar-refractivity contribution < 1.29 is 0 Å². The molecule has 2 aromatic rings. The highest BCUT2D eigenvalue weighted by molar-refractivity contribution is 5.69. The molecule has 0 saturated heterocycles. The summed E-state index contributed by atoms with van der Waals surface area (Å²) in [5.41, 5.74) is 2.04. The minimum absolute atomic E-state index is 0.000278. The first kappa shape index (κ1) is 15.3. The number of hydrogen-bond donors (Lipinski definition) is 0. The van der Waals surface area contributed by atoms with Crippen molar-refractivity contribution in [2.75, 3.05) is 18.0 Å². The van der Waals surface area contributed by atoms with E-state index in [1.165, 1.54) is 0 Å². The highest BCUT2D eigenvalue weighted by atomic mass is 15.3. The van der Waals surface area contributed by atoms with Crippen molar-refractivity contribution in [2.24, 2.45) is 5.92 Å². The Bertz CT molecular complexity index is 659. The Kier molecular flexibility index (Phi) is 4.17. The van der Waals surface area contributed by atoms with Crippen molar-refractivity contribution in [3.8, 4) is 6.07 Å². The molecule has 0 spiro atoms. The Hall–Kier alpha value is -2.09. The van der Waals surface area contributed by atoms with Crippen LogP contribution in [0.15, 0.2) is 18.5 Å². The van der Waals surface area contributed by atoms with E-state index < -0.39 is 0 Å². The molecule has 1 atom stereocenters. The van der Waals surface area contributed by atoms with Gasteiger partial charge in [0.1, 0.15) is 5.52 Å². The molecule has 0 aliphatic rings. The minimum Gasteiger partial charge on any atom is -0.354 e. The molecule has 0 N–H and O–H groups in total. The summed E-state index contributed by atoms with van der Waals surface area (Å²) in [4.78, 5) is 6.65. The van der Waals surface area contributed by atoms with Crippen LogP contribution in [0, 0.1) is 17.2 Å². The Labute approximate surface area is 126 Å². The third-order valence-electron chi connectivity index (χ3n) is 3.53. The summed E-state index contributed by atoms with van der Waals surface area (Å²) in [6.07, 6.45) is 3.64. The molecule has 0 bridgehead atoms. The van der Waals surface area contributed by atoms with Crippen LogP contribution in [0.25, 0.3) is 5.52 Å². The van der Waals surface area contributed by atoms with Crippen LogP contribution >= 0.6 is 0 Å². The normalized spacial score (nSPS) is 13.1. The maximum Gasteiger partial charge on any atom is 0.154 e. The first-order valence-electron chi connectivity index (χ1n) is 7.36. The minimum atomic E-state index is -0.0305. The smallest absolute Gasteiger partial charge is 0.154 e. The molecule has 0 aliphatic heterocycles. The number of rotatable bonds is 4. The van der Waals surface area contributed by atoms with Gasteiger partial charge in [-0.2, -0.15) is 10.4 Å². The lowest BCUT2D eigenvalue weighted by atomic mass is 9.92. The average Bonchev–Trinajstić information content (AvgIpc) is 2.88. The second-order valence-electron chi connectivity index (χ2n) is 6.43. The van der Waals surface area contributed by atoms with Gasteiger partial charge < -0.3 is 4.90 Å².